The lowest BCUT2D eigenvalue weighted by Crippen LogP contribution is -2.34. The van der Waals surface area contributed by atoms with Crippen molar-refractivity contribution in [1.29, 1.82) is 0 Å². The van der Waals surface area contributed by atoms with Gasteiger partial charge in [-0.25, -0.2) is 0 Å². The second-order valence-electron chi connectivity index (χ2n) is 5.35. The van der Waals surface area contributed by atoms with E-state index in [1.54, 1.807) is 0 Å². The van der Waals surface area contributed by atoms with E-state index in [1.807, 2.05) is 4.90 Å². The van der Waals surface area contributed by atoms with Crippen LogP contribution in [0.5, 0.6) is 0 Å². The molecule has 0 bridgehead atoms. The lowest BCUT2D eigenvalue weighted by molar-refractivity contribution is -0.129. The van der Waals surface area contributed by atoms with Crippen molar-refractivity contribution >= 4 is 21.8 Å². The molecule has 1 aromatic carbocycles. The Kier molecular flexibility index (Phi) is 2.94. The number of likely N-dealkylation sites (tertiary alicyclic amines) is 1. The van der Waals surface area contributed by atoms with Crippen LogP contribution < -0.4 is 5.73 Å². The molecule has 1 aromatic rings. The number of rotatable bonds is 2. The Bertz CT molecular complexity index is 499. The fraction of sp³-hybridized carbons (Fsp3) is 0.500. The molecule has 1 aliphatic heterocycles. The number of carbonyl (C=O) groups excluding carboxylic acids is 1. The number of amides is 1. The van der Waals surface area contributed by atoms with E-state index in [0.29, 0.717) is 12.5 Å². The van der Waals surface area contributed by atoms with E-state index in [4.69, 9.17) is 5.73 Å². The molecule has 2 aliphatic rings. The van der Waals surface area contributed by atoms with Crippen molar-refractivity contribution in [3.63, 3.8) is 0 Å². The minimum atomic E-state index is -0.0762. The van der Waals surface area contributed by atoms with E-state index in [0.717, 1.165) is 22.9 Å². The summed E-state index contributed by atoms with van der Waals surface area (Å²) in [5, 5.41) is 0. The second-order valence-corrected chi connectivity index (χ2v) is 6.21. The zero-order chi connectivity index (χ0) is 12.9. The number of halogens is 1. The first-order valence-electron chi connectivity index (χ1n) is 6.40. The molecule has 3 rings (SSSR count). The molecule has 2 fully saturated rings. The first-order valence-corrected chi connectivity index (χ1v) is 7.20. The van der Waals surface area contributed by atoms with Crippen molar-refractivity contribution in [2.45, 2.75) is 44.3 Å². The van der Waals surface area contributed by atoms with Crippen LogP contribution in [0.15, 0.2) is 22.7 Å². The molecule has 2 unspecified atom stereocenters. The van der Waals surface area contributed by atoms with Crippen molar-refractivity contribution in [2.75, 3.05) is 0 Å². The third-order valence-electron chi connectivity index (χ3n) is 3.88. The molecule has 18 heavy (non-hydrogen) atoms. The molecule has 1 saturated heterocycles. The average Bonchev–Trinajstić information content (AvgIpc) is 3.09. The number of nitrogens with zero attached hydrogens (tertiary/aromatic N) is 1. The van der Waals surface area contributed by atoms with E-state index >= 15 is 0 Å². The molecule has 3 nitrogen and oxygen atoms in total. The van der Waals surface area contributed by atoms with Crippen molar-refractivity contribution in [3.05, 3.63) is 33.8 Å². The Morgan fingerprint density at radius 2 is 2.11 bits per heavy atom. The highest BCUT2D eigenvalue weighted by atomic mass is 79.9. The van der Waals surface area contributed by atoms with E-state index in [-0.39, 0.29) is 18.0 Å². The standard InChI is InChI=1S/C14H17BrN2O/c1-8-2-3-9(6-11(8)15)14-12(16)7-13(18)17(14)10-4-5-10/h2-3,6,10,12,14H,4-5,7,16H2,1H3. The minimum Gasteiger partial charge on any atom is -0.331 e. The van der Waals surface area contributed by atoms with Gasteiger partial charge in [0.15, 0.2) is 0 Å². The number of hydrogen-bond acceptors (Lipinski definition) is 2. The highest BCUT2D eigenvalue weighted by molar-refractivity contribution is 9.10. The van der Waals surface area contributed by atoms with Gasteiger partial charge in [0.2, 0.25) is 5.91 Å². The summed E-state index contributed by atoms with van der Waals surface area (Å²) in [4.78, 5) is 14.1. The molecule has 1 amide bonds. The molecule has 4 heteroatoms. The SMILES string of the molecule is Cc1ccc(C2C(N)CC(=O)N2C2CC2)cc1Br. The molecule has 96 valence electrons. The van der Waals surface area contributed by atoms with Crippen LogP contribution in [-0.4, -0.2) is 22.9 Å². The van der Waals surface area contributed by atoms with E-state index in [1.165, 1.54) is 5.56 Å². The monoisotopic (exact) mass is 308 g/mol. The Labute approximate surface area is 115 Å². The molecule has 2 N–H and O–H groups in total. The van der Waals surface area contributed by atoms with Crippen molar-refractivity contribution < 1.29 is 4.79 Å². The number of hydrogen-bond donors (Lipinski definition) is 1. The van der Waals surface area contributed by atoms with Gasteiger partial charge >= 0.3 is 0 Å². The zero-order valence-corrected chi connectivity index (χ0v) is 12.0. The topological polar surface area (TPSA) is 46.3 Å². The fourth-order valence-corrected chi connectivity index (χ4v) is 3.16. The summed E-state index contributed by atoms with van der Waals surface area (Å²) in [5.74, 6) is 0.215. The maximum Gasteiger partial charge on any atom is 0.225 e. The lowest BCUT2D eigenvalue weighted by atomic mass is 9.99. The summed E-state index contributed by atoms with van der Waals surface area (Å²) >= 11 is 3.56. The maximum atomic E-state index is 12.0. The molecule has 0 spiro atoms. The summed E-state index contributed by atoms with van der Waals surface area (Å²) in [5.41, 5.74) is 8.52. The molecule has 2 atom stereocenters. The molecule has 0 aromatic heterocycles. The smallest absolute Gasteiger partial charge is 0.225 e. The Morgan fingerprint density at radius 1 is 1.39 bits per heavy atom. The Hall–Kier alpha value is -0.870. The first kappa shape index (κ1) is 12.2. The van der Waals surface area contributed by atoms with Gasteiger partial charge in [0.05, 0.1) is 6.04 Å². The molecular formula is C14H17BrN2O. The highest BCUT2D eigenvalue weighted by Gasteiger charge is 2.45. The van der Waals surface area contributed by atoms with Gasteiger partial charge in [-0.3, -0.25) is 4.79 Å². The first-order chi connectivity index (χ1) is 8.58. The van der Waals surface area contributed by atoms with Gasteiger partial charge in [-0.1, -0.05) is 28.1 Å². The van der Waals surface area contributed by atoms with Crippen LogP contribution in [0, 0.1) is 6.92 Å². The second kappa shape index (κ2) is 4.35. The third-order valence-corrected chi connectivity index (χ3v) is 4.74. The normalized spacial score (nSPS) is 27.9. The third kappa shape index (κ3) is 1.97. The van der Waals surface area contributed by atoms with Gasteiger partial charge in [0.1, 0.15) is 0 Å². The van der Waals surface area contributed by atoms with Gasteiger partial charge in [-0.05, 0) is 37.0 Å². The minimum absolute atomic E-state index is 0.0573. The van der Waals surface area contributed by atoms with Crippen molar-refractivity contribution in [3.8, 4) is 0 Å². The summed E-state index contributed by atoms with van der Waals surface area (Å²) in [6, 6.07) is 6.69. The van der Waals surface area contributed by atoms with Crippen molar-refractivity contribution in [1.82, 2.24) is 4.90 Å². The van der Waals surface area contributed by atoms with Crippen LogP contribution in [0.2, 0.25) is 0 Å². The number of aryl methyl sites for hydroxylation is 1. The molecule has 1 aliphatic carbocycles. The van der Waals surface area contributed by atoms with Gasteiger partial charge in [0.25, 0.3) is 0 Å². The largest absolute Gasteiger partial charge is 0.331 e. The maximum absolute atomic E-state index is 12.0. The lowest BCUT2D eigenvalue weighted by Gasteiger charge is -2.27. The zero-order valence-electron chi connectivity index (χ0n) is 10.4. The van der Waals surface area contributed by atoms with Crippen LogP contribution in [0.1, 0.15) is 36.4 Å². The predicted molar refractivity (Wildman–Crippen MR) is 74.1 cm³/mol. The van der Waals surface area contributed by atoms with E-state index in [9.17, 15) is 4.79 Å². The van der Waals surface area contributed by atoms with E-state index in [2.05, 4.69) is 41.1 Å². The summed E-state index contributed by atoms with van der Waals surface area (Å²) in [6.07, 6.45) is 2.73. The summed E-state index contributed by atoms with van der Waals surface area (Å²) in [7, 11) is 0. The van der Waals surface area contributed by atoms with Crippen LogP contribution in [-0.2, 0) is 4.79 Å². The van der Waals surface area contributed by atoms with Crippen LogP contribution in [0.25, 0.3) is 0 Å². The number of nitrogens with two attached hydrogens (primary N) is 1. The Morgan fingerprint density at radius 3 is 2.72 bits per heavy atom. The fourth-order valence-electron chi connectivity index (χ4n) is 2.76. The van der Waals surface area contributed by atoms with Gasteiger partial charge in [-0.15, -0.1) is 0 Å². The molecular weight excluding hydrogens is 292 g/mol. The quantitative estimate of drug-likeness (QED) is 0.912. The summed E-state index contributed by atoms with van der Waals surface area (Å²) < 4.78 is 1.09. The number of carbonyl (C=O) groups is 1. The summed E-state index contributed by atoms with van der Waals surface area (Å²) in [6.45, 7) is 2.06. The molecule has 1 saturated carbocycles. The number of benzene rings is 1. The van der Waals surface area contributed by atoms with Gasteiger partial charge in [0, 0.05) is 23.0 Å². The van der Waals surface area contributed by atoms with Gasteiger partial charge in [-0.2, -0.15) is 0 Å². The van der Waals surface area contributed by atoms with Crippen LogP contribution in [0.4, 0.5) is 0 Å². The highest BCUT2D eigenvalue weighted by Crippen LogP contribution is 2.41. The molecule has 0 radical (unpaired) electrons. The van der Waals surface area contributed by atoms with Crippen LogP contribution >= 0.6 is 15.9 Å². The van der Waals surface area contributed by atoms with E-state index < -0.39 is 0 Å². The van der Waals surface area contributed by atoms with Crippen molar-refractivity contribution in [2.24, 2.45) is 5.73 Å². The average molecular weight is 309 g/mol. The predicted octanol–water partition coefficient (Wildman–Crippen LogP) is 2.52. The van der Waals surface area contributed by atoms with Gasteiger partial charge < -0.3 is 10.6 Å². The van der Waals surface area contributed by atoms with Crippen LogP contribution in [0.3, 0.4) is 0 Å². The Balaban J connectivity index is 1.97. The molecule has 1 heterocycles.